The third kappa shape index (κ3) is 2.17. The fraction of sp³-hybridized carbons (Fsp3) is 0.0588. The van der Waals surface area contributed by atoms with E-state index in [1.165, 1.54) is 21.4 Å². The summed E-state index contributed by atoms with van der Waals surface area (Å²) in [5.74, 6) is 0. The summed E-state index contributed by atoms with van der Waals surface area (Å²) in [6.45, 7) is 2.33. The molecule has 1 unspecified atom stereocenters. The molecule has 18 heavy (non-hydrogen) atoms. The smallest absolute Gasteiger partial charge is 0.0178 e. The molecule has 0 saturated carbocycles. The first-order valence-corrected chi connectivity index (χ1v) is 7.91. The molecule has 0 saturated heterocycles. The minimum atomic E-state index is -0.244. The summed E-state index contributed by atoms with van der Waals surface area (Å²) in [4.78, 5) is 0. The van der Waals surface area contributed by atoms with E-state index >= 15 is 0 Å². The zero-order chi connectivity index (χ0) is 12.4. The molecule has 1 atom stereocenters. The SMILES string of the molecule is CP(c1ccccc1)c1ccc2ccccc2c1. The highest BCUT2D eigenvalue weighted by Gasteiger charge is 2.07. The lowest BCUT2D eigenvalue weighted by molar-refractivity contribution is 1.76. The monoisotopic (exact) mass is 250 g/mol. The second-order valence-corrected chi connectivity index (χ2v) is 6.58. The molecule has 0 radical (unpaired) electrons. The molecule has 3 aromatic carbocycles. The van der Waals surface area contributed by atoms with E-state index in [9.17, 15) is 0 Å². The Morgan fingerprint density at radius 2 is 1.28 bits per heavy atom. The van der Waals surface area contributed by atoms with Crippen LogP contribution in [0.15, 0.2) is 72.8 Å². The van der Waals surface area contributed by atoms with E-state index in [-0.39, 0.29) is 7.92 Å². The highest BCUT2D eigenvalue weighted by molar-refractivity contribution is 7.72. The Morgan fingerprint density at radius 1 is 0.611 bits per heavy atom. The first kappa shape index (κ1) is 11.4. The van der Waals surface area contributed by atoms with Crippen molar-refractivity contribution in [3.8, 4) is 0 Å². The molecule has 0 heterocycles. The number of rotatable bonds is 2. The van der Waals surface area contributed by atoms with E-state index < -0.39 is 0 Å². The summed E-state index contributed by atoms with van der Waals surface area (Å²) in [5.41, 5.74) is 0. The van der Waals surface area contributed by atoms with E-state index in [1.807, 2.05) is 0 Å². The summed E-state index contributed by atoms with van der Waals surface area (Å²) in [7, 11) is -0.244. The van der Waals surface area contributed by atoms with E-state index in [0.717, 1.165) is 0 Å². The van der Waals surface area contributed by atoms with Crippen LogP contribution in [-0.2, 0) is 0 Å². The van der Waals surface area contributed by atoms with Crippen molar-refractivity contribution in [2.24, 2.45) is 0 Å². The Hall–Kier alpha value is -1.65. The Morgan fingerprint density at radius 3 is 2.06 bits per heavy atom. The highest BCUT2D eigenvalue weighted by Crippen LogP contribution is 2.29. The van der Waals surface area contributed by atoms with Crippen LogP contribution in [-0.4, -0.2) is 6.66 Å². The maximum Gasteiger partial charge on any atom is -0.0178 e. The predicted octanol–water partition coefficient (Wildman–Crippen LogP) is 3.90. The molecule has 88 valence electrons. The van der Waals surface area contributed by atoms with E-state index in [4.69, 9.17) is 0 Å². The second-order valence-electron chi connectivity index (χ2n) is 4.43. The van der Waals surface area contributed by atoms with Crippen molar-refractivity contribution in [3.63, 3.8) is 0 Å². The van der Waals surface area contributed by atoms with Gasteiger partial charge in [-0.25, -0.2) is 0 Å². The van der Waals surface area contributed by atoms with Gasteiger partial charge in [-0.05, 0) is 42.0 Å². The molecule has 0 amide bonds. The molecular formula is C17H15P. The van der Waals surface area contributed by atoms with Crippen LogP contribution < -0.4 is 10.6 Å². The Balaban J connectivity index is 2.04. The van der Waals surface area contributed by atoms with Crippen LogP contribution >= 0.6 is 7.92 Å². The minimum absolute atomic E-state index is 0.244. The van der Waals surface area contributed by atoms with Crippen LogP contribution in [0.4, 0.5) is 0 Å². The quantitative estimate of drug-likeness (QED) is 0.605. The van der Waals surface area contributed by atoms with Crippen LogP contribution in [0.1, 0.15) is 0 Å². The van der Waals surface area contributed by atoms with Crippen LogP contribution in [0.25, 0.3) is 10.8 Å². The van der Waals surface area contributed by atoms with Gasteiger partial charge in [0, 0.05) is 0 Å². The fourth-order valence-electron chi connectivity index (χ4n) is 2.19. The molecule has 0 aliphatic heterocycles. The van der Waals surface area contributed by atoms with Crippen molar-refractivity contribution >= 4 is 29.3 Å². The van der Waals surface area contributed by atoms with Gasteiger partial charge in [0.05, 0.1) is 0 Å². The lowest BCUT2D eigenvalue weighted by Crippen LogP contribution is -2.10. The predicted molar refractivity (Wildman–Crippen MR) is 82.5 cm³/mol. The summed E-state index contributed by atoms with van der Waals surface area (Å²) in [6.07, 6.45) is 0. The second kappa shape index (κ2) is 4.92. The normalized spacial score (nSPS) is 12.5. The number of fused-ring (bicyclic) bond motifs is 1. The Bertz CT molecular complexity index is 659. The fourth-order valence-corrected chi connectivity index (χ4v) is 3.73. The molecular weight excluding hydrogens is 235 g/mol. The Labute approximate surface area is 109 Å². The van der Waals surface area contributed by atoms with Gasteiger partial charge in [0.1, 0.15) is 0 Å². The standard InChI is InChI=1S/C17H15P/c1-18(16-9-3-2-4-10-16)17-12-11-14-7-5-6-8-15(14)13-17/h2-13H,1H3. The van der Waals surface area contributed by atoms with Crippen LogP contribution in [0, 0.1) is 0 Å². The number of hydrogen-bond acceptors (Lipinski definition) is 0. The first-order chi connectivity index (χ1) is 8.84. The highest BCUT2D eigenvalue weighted by atomic mass is 31.1. The van der Waals surface area contributed by atoms with Crippen molar-refractivity contribution in [1.82, 2.24) is 0 Å². The van der Waals surface area contributed by atoms with Crippen LogP contribution in [0.5, 0.6) is 0 Å². The van der Waals surface area contributed by atoms with Crippen LogP contribution in [0.2, 0.25) is 0 Å². The maximum absolute atomic E-state index is 2.33. The van der Waals surface area contributed by atoms with Crippen molar-refractivity contribution in [2.45, 2.75) is 0 Å². The summed E-state index contributed by atoms with van der Waals surface area (Å²) in [6, 6.07) is 26.1. The molecule has 0 aromatic heterocycles. The van der Waals surface area contributed by atoms with Gasteiger partial charge in [-0.1, -0.05) is 66.7 Å². The van der Waals surface area contributed by atoms with Gasteiger partial charge < -0.3 is 0 Å². The molecule has 3 aromatic rings. The molecule has 3 rings (SSSR count). The molecule has 0 nitrogen and oxygen atoms in total. The lowest BCUT2D eigenvalue weighted by Gasteiger charge is -2.13. The topological polar surface area (TPSA) is 0 Å². The van der Waals surface area contributed by atoms with E-state index in [0.29, 0.717) is 0 Å². The zero-order valence-electron chi connectivity index (χ0n) is 10.4. The number of benzene rings is 3. The summed E-state index contributed by atoms with van der Waals surface area (Å²) >= 11 is 0. The lowest BCUT2D eigenvalue weighted by atomic mass is 10.1. The zero-order valence-corrected chi connectivity index (χ0v) is 11.3. The van der Waals surface area contributed by atoms with Crippen molar-refractivity contribution in [1.29, 1.82) is 0 Å². The molecule has 0 bridgehead atoms. The average molecular weight is 250 g/mol. The average Bonchev–Trinajstić information content (AvgIpc) is 2.47. The van der Waals surface area contributed by atoms with Crippen LogP contribution in [0.3, 0.4) is 0 Å². The van der Waals surface area contributed by atoms with Crippen molar-refractivity contribution in [3.05, 3.63) is 72.8 Å². The van der Waals surface area contributed by atoms with Gasteiger partial charge in [0.25, 0.3) is 0 Å². The summed E-state index contributed by atoms with van der Waals surface area (Å²) < 4.78 is 0. The van der Waals surface area contributed by atoms with E-state index in [1.54, 1.807) is 0 Å². The van der Waals surface area contributed by atoms with Crippen molar-refractivity contribution in [2.75, 3.05) is 6.66 Å². The van der Waals surface area contributed by atoms with Gasteiger partial charge in [-0.3, -0.25) is 0 Å². The molecule has 0 aliphatic carbocycles. The van der Waals surface area contributed by atoms with Gasteiger partial charge in [-0.2, -0.15) is 0 Å². The maximum atomic E-state index is 2.33. The van der Waals surface area contributed by atoms with Gasteiger partial charge in [0.15, 0.2) is 0 Å². The molecule has 0 fully saturated rings. The van der Waals surface area contributed by atoms with Gasteiger partial charge in [-0.15, -0.1) is 0 Å². The molecule has 0 aliphatic rings. The Kier molecular flexibility index (Phi) is 3.13. The summed E-state index contributed by atoms with van der Waals surface area (Å²) in [5, 5.41) is 5.52. The van der Waals surface area contributed by atoms with E-state index in [2.05, 4.69) is 79.5 Å². The van der Waals surface area contributed by atoms with Crippen molar-refractivity contribution < 1.29 is 0 Å². The molecule has 1 heteroatoms. The molecule has 0 N–H and O–H groups in total. The van der Waals surface area contributed by atoms with Gasteiger partial charge in [0.2, 0.25) is 0 Å². The van der Waals surface area contributed by atoms with Gasteiger partial charge >= 0.3 is 0 Å². The largest absolute Gasteiger partial charge is 0.0622 e. The first-order valence-electron chi connectivity index (χ1n) is 6.12. The number of hydrogen-bond donors (Lipinski definition) is 0. The minimum Gasteiger partial charge on any atom is -0.0622 e. The third-order valence-corrected chi connectivity index (χ3v) is 5.39. The third-order valence-electron chi connectivity index (χ3n) is 3.26. The molecule has 0 spiro atoms.